The molecule has 3 aliphatic rings. The van der Waals surface area contributed by atoms with Crippen LogP contribution in [0.3, 0.4) is 0 Å². The maximum atomic E-state index is 13.8. The number of nitrogens with zero attached hydrogens (tertiary/aromatic N) is 2. The van der Waals surface area contributed by atoms with Crippen LogP contribution in [0.2, 0.25) is 0 Å². The minimum absolute atomic E-state index is 0.0834. The van der Waals surface area contributed by atoms with E-state index in [1.165, 1.54) is 10.9 Å². The first-order chi connectivity index (χ1) is 13.0. The molecular formula is C22H27N3O2. The monoisotopic (exact) mass is 365 g/mol. The molecule has 1 aliphatic carbocycles. The fourth-order valence-corrected chi connectivity index (χ4v) is 5.49. The third kappa shape index (κ3) is 2.30. The van der Waals surface area contributed by atoms with Gasteiger partial charge in [-0.25, -0.2) is 0 Å². The summed E-state index contributed by atoms with van der Waals surface area (Å²) in [6.07, 6.45) is 5.10. The van der Waals surface area contributed by atoms with Crippen LogP contribution < -0.4 is 0 Å². The van der Waals surface area contributed by atoms with Crippen LogP contribution in [0.5, 0.6) is 0 Å². The van der Waals surface area contributed by atoms with Crippen molar-refractivity contribution < 1.29 is 9.59 Å². The lowest BCUT2D eigenvalue weighted by atomic mass is 9.80. The summed E-state index contributed by atoms with van der Waals surface area (Å²) in [6.45, 7) is 5.08. The Bertz CT molecular complexity index is 925. The maximum Gasteiger partial charge on any atom is 0.255 e. The van der Waals surface area contributed by atoms with Gasteiger partial charge in [-0.15, -0.1) is 0 Å². The molecule has 0 spiro atoms. The molecule has 1 aromatic heterocycles. The number of carbonyl (C=O) groups is 2. The molecule has 2 aromatic rings. The molecule has 0 unspecified atom stereocenters. The summed E-state index contributed by atoms with van der Waals surface area (Å²) >= 11 is 0. The summed E-state index contributed by atoms with van der Waals surface area (Å²) in [5.41, 5.74) is 2.26. The number of fused-ring (bicyclic) bond motifs is 5. The first-order valence-corrected chi connectivity index (χ1v) is 10.2. The van der Waals surface area contributed by atoms with Crippen molar-refractivity contribution in [3.8, 4) is 0 Å². The molecule has 1 aromatic carbocycles. The van der Waals surface area contributed by atoms with Gasteiger partial charge in [-0.2, -0.15) is 0 Å². The SMILES string of the molecule is CC1CCC(N2CC(=O)N3CCc4c([nH]c5ccccc45)[C@@]3(C)C2=O)CC1. The summed E-state index contributed by atoms with van der Waals surface area (Å²) in [5.74, 6) is 0.896. The van der Waals surface area contributed by atoms with Gasteiger partial charge in [-0.3, -0.25) is 9.59 Å². The molecule has 27 heavy (non-hydrogen) atoms. The van der Waals surface area contributed by atoms with Gasteiger partial charge in [-0.1, -0.05) is 25.1 Å². The summed E-state index contributed by atoms with van der Waals surface area (Å²) in [6, 6.07) is 8.41. The second kappa shape index (κ2) is 5.85. The van der Waals surface area contributed by atoms with E-state index < -0.39 is 5.54 Å². The van der Waals surface area contributed by atoms with Gasteiger partial charge >= 0.3 is 0 Å². The van der Waals surface area contributed by atoms with Crippen molar-refractivity contribution in [1.82, 2.24) is 14.8 Å². The van der Waals surface area contributed by atoms with E-state index in [4.69, 9.17) is 0 Å². The molecule has 3 heterocycles. The summed E-state index contributed by atoms with van der Waals surface area (Å²) < 4.78 is 0. The molecule has 5 nitrogen and oxygen atoms in total. The Kier molecular flexibility index (Phi) is 3.65. The second-order valence-corrected chi connectivity index (χ2v) is 8.74. The molecule has 142 valence electrons. The minimum Gasteiger partial charge on any atom is -0.356 e. The number of aromatic amines is 1. The maximum absolute atomic E-state index is 13.8. The van der Waals surface area contributed by atoms with E-state index in [0.29, 0.717) is 6.54 Å². The standard InChI is InChI=1S/C22H27N3O2/c1-14-7-9-15(10-8-14)24-13-19(26)25-12-11-17-16-5-3-4-6-18(16)23-20(17)22(25,2)21(24)27/h3-6,14-15,23H,7-13H2,1-2H3/t14?,15?,22-/m0/s1. The highest BCUT2D eigenvalue weighted by Crippen LogP contribution is 2.43. The number of carbonyl (C=O) groups excluding carboxylic acids is 2. The number of nitrogens with one attached hydrogen (secondary N) is 1. The van der Waals surface area contributed by atoms with Gasteiger partial charge in [0.15, 0.2) is 5.54 Å². The largest absolute Gasteiger partial charge is 0.356 e. The van der Waals surface area contributed by atoms with Crippen LogP contribution in [0.15, 0.2) is 24.3 Å². The number of hydrogen-bond acceptors (Lipinski definition) is 2. The average molecular weight is 365 g/mol. The molecule has 5 rings (SSSR count). The Morgan fingerprint density at radius 2 is 1.85 bits per heavy atom. The highest BCUT2D eigenvalue weighted by atomic mass is 16.2. The average Bonchev–Trinajstić information content (AvgIpc) is 3.06. The topological polar surface area (TPSA) is 56.4 Å². The first-order valence-electron chi connectivity index (χ1n) is 10.2. The first kappa shape index (κ1) is 16.8. The number of aromatic nitrogens is 1. The molecule has 1 saturated heterocycles. The minimum atomic E-state index is -0.912. The number of amides is 2. The van der Waals surface area contributed by atoms with Crippen LogP contribution in [0.4, 0.5) is 0 Å². The quantitative estimate of drug-likeness (QED) is 0.844. The molecular weight excluding hydrogens is 338 g/mol. The third-order valence-electron chi connectivity index (χ3n) is 7.14. The zero-order valence-corrected chi connectivity index (χ0v) is 16.1. The van der Waals surface area contributed by atoms with E-state index >= 15 is 0 Å². The van der Waals surface area contributed by atoms with Crippen LogP contribution in [0, 0.1) is 5.92 Å². The predicted octanol–water partition coefficient (Wildman–Crippen LogP) is 3.19. The van der Waals surface area contributed by atoms with Gasteiger partial charge in [-0.05, 0) is 56.6 Å². The van der Waals surface area contributed by atoms with E-state index in [0.717, 1.165) is 49.2 Å². The van der Waals surface area contributed by atoms with Gasteiger partial charge in [0, 0.05) is 23.5 Å². The summed E-state index contributed by atoms with van der Waals surface area (Å²) in [4.78, 5) is 34.0. The smallest absolute Gasteiger partial charge is 0.255 e. The van der Waals surface area contributed by atoms with Crippen molar-refractivity contribution in [3.05, 3.63) is 35.5 Å². The molecule has 5 heteroatoms. The summed E-state index contributed by atoms with van der Waals surface area (Å²) in [5, 5.41) is 1.18. The van der Waals surface area contributed by atoms with Crippen LogP contribution >= 0.6 is 0 Å². The Morgan fingerprint density at radius 1 is 1.11 bits per heavy atom. The Morgan fingerprint density at radius 3 is 2.63 bits per heavy atom. The van der Waals surface area contributed by atoms with Crippen molar-refractivity contribution in [2.24, 2.45) is 5.92 Å². The van der Waals surface area contributed by atoms with Crippen molar-refractivity contribution >= 4 is 22.7 Å². The van der Waals surface area contributed by atoms with E-state index in [1.807, 2.05) is 28.9 Å². The molecule has 0 bridgehead atoms. The lowest BCUT2D eigenvalue weighted by Crippen LogP contribution is -2.68. The zero-order valence-electron chi connectivity index (χ0n) is 16.1. The van der Waals surface area contributed by atoms with Gasteiger partial charge in [0.25, 0.3) is 5.91 Å². The lowest BCUT2D eigenvalue weighted by Gasteiger charge is -2.52. The van der Waals surface area contributed by atoms with Crippen molar-refractivity contribution in [1.29, 1.82) is 0 Å². The van der Waals surface area contributed by atoms with E-state index in [9.17, 15) is 9.59 Å². The van der Waals surface area contributed by atoms with Crippen LogP contribution in [-0.2, 0) is 21.5 Å². The molecule has 2 amide bonds. The molecule has 0 radical (unpaired) electrons. The number of H-pyrrole nitrogens is 1. The van der Waals surface area contributed by atoms with Gasteiger partial charge < -0.3 is 14.8 Å². The highest BCUT2D eigenvalue weighted by Gasteiger charge is 2.55. The number of rotatable bonds is 1. The normalized spacial score (nSPS) is 31.2. The fourth-order valence-electron chi connectivity index (χ4n) is 5.49. The predicted molar refractivity (Wildman–Crippen MR) is 104 cm³/mol. The van der Waals surface area contributed by atoms with Crippen LogP contribution in [0.25, 0.3) is 10.9 Å². The van der Waals surface area contributed by atoms with Gasteiger partial charge in [0.05, 0.1) is 5.69 Å². The molecule has 1 N–H and O–H groups in total. The van der Waals surface area contributed by atoms with Crippen molar-refractivity contribution in [2.45, 2.75) is 57.5 Å². The molecule has 1 atom stereocenters. The Labute approximate surface area is 159 Å². The van der Waals surface area contributed by atoms with E-state index in [-0.39, 0.29) is 24.4 Å². The zero-order chi connectivity index (χ0) is 18.8. The summed E-state index contributed by atoms with van der Waals surface area (Å²) in [7, 11) is 0. The Hall–Kier alpha value is -2.30. The number of hydrogen-bond donors (Lipinski definition) is 1. The van der Waals surface area contributed by atoms with Gasteiger partial charge in [0.1, 0.15) is 6.54 Å². The number of piperazine rings is 1. The van der Waals surface area contributed by atoms with Crippen molar-refractivity contribution in [3.63, 3.8) is 0 Å². The van der Waals surface area contributed by atoms with E-state index in [1.54, 1.807) is 0 Å². The highest BCUT2D eigenvalue weighted by molar-refractivity contribution is 6.00. The second-order valence-electron chi connectivity index (χ2n) is 8.74. The molecule has 2 fully saturated rings. The van der Waals surface area contributed by atoms with Crippen molar-refractivity contribution in [2.75, 3.05) is 13.1 Å². The Balaban J connectivity index is 1.59. The lowest BCUT2D eigenvalue weighted by molar-refractivity contribution is -0.169. The number of para-hydroxylation sites is 1. The van der Waals surface area contributed by atoms with Crippen LogP contribution in [0.1, 0.15) is 50.8 Å². The molecule has 2 aliphatic heterocycles. The third-order valence-corrected chi connectivity index (χ3v) is 7.14. The van der Waals surface area contributed by atoms with E-state index in [2.05, 4.69) is 24.0 Å². The van der Waals surface area contributed by atoms with Crippen LogP contribution in [-0.4, -0.2) is 45.7 Å². The molecule has 1 saturated carbocycles. The van der Waals surface area contributed by atoms with Gasteiger partial charge in [0.2, 0.25) is 5.91 Å². The number of benzene rings is 1. The fraction of sp³-hybridized carbons (Fsp3) is 0.545.